The summed E-state index contributed by atoms with van der Waals surface area (Å²) in [5, 5.41) is 1.18. The fourth-order valence-corrected chi connectivity index (χ4v) is 4.10. The van der Waals surface area contributed by atoms with Crippen LogP contribution in [0.25, 0.3) is 39.5 Å². The van der Waals surface area contributed by atoms with Crippen LogP contribution < -0.4 is 0 Å². The number of aromatic amines is 1. The van der Waals surface area contributed by atoms with Crippen molar-refractivity contribution in [3.63, 3.8) is 0 Å². The zero-order valence-corrected chi connectivity index (χ0v) is 15.5. The molecule has 0 amide bonds. The minimum atomic E-state index is 0.944. The molecule has 2 heteroatoms. The fraction of sp³-hybridized carbons (Fsp3) is 0.160. The van der Waals surface area contributed by atoms with Crippen molar-refractivity contribution in [2.24, 2.45) is 0 Å². The predicted octanol–water partition coefficient (Wildman–Crippen LogP) is 6.55. The van der Waals surface area contributed by atoms with Crippen molar-refractivity contribution in [2.45, 2.75) is 26.2 Å². The molecule has 0 atom stereocenters. The van der Waals surface area contributed by atoms with Gasteiger partial charge in [0.25, 0.3) is 0 Å². The zero-order valence-electron chi connectivity index (χ0n) is 15.5. The summed E-state index contributed by atoms with van der Waals surface area (Å²) in [6, 6.07) is 19.7. The third-order valence-corrected chi connectivity index (χ3v) is 5.45. The average molecular weight is 350 g/mol. The maximum absolute atomic E-state index is 4.59. The third-order valence-electron chi connectivity index (χ3n) is 5.45. The average Bonchev–Trinajstić information content (AvgIpc) is 2.98. The van der Waals surface area contributed by atoms with E-state index in [1.807, 2.05) is 6.20 Å². The van der Waals surface area contributed by atoms with E-state index in [2.05, 4.69) is 83.6 Å². The van der Waals surface area contributed by atoms with Gasteiger partial charge in [-0.25, -0.2) is 4.98 Å². The lowest BCUT2D eigenvalue weighted by atomic mass is 9.93. The molecule has 2 nitrogen and oxygen atoms in total. The van der Waals surface area contributed by atoms with Crippen molar-refractivity contribution in [2.75, 3.05) is 0 Å². The van der Waals surface area contributed by atoms with Gasteiger partial charge in [-0.3, -0.25) is 0 Å². The second-order valence-electron chi connectivity index (χ2n) is 7.35. The Bertz CT molecular complexity index is 1160. The summed E-state index contributed by atoms with van der Waals surface area (Å²) < 4.78 is 0. The lowest BCUT2D eigenvalue weighted by Crippen LogP contribution is -1.92. The molecule has 0 aliphatic heterocycles. The van der Waals surface area contributed by atoms with E-state index in [-0.39, 0.29) is 0 Å². The van der Waals surface area contributed by atoms with Gasteiger partial charge in [0.2, 0.25) is 0 Å². The molecule has 0 unspecified atom stereocenters. The molecule has 0 saturated carbocycles. The molecule has 2 aromatic heterocycles. The quantitative estimate of drug-likeness (QED) is 0.436. The van der Waals surface area contributed by atoms with Gasteiger partial charge in [0.05, 0.1) is 0 Å². The molecule has 2 aromatic carbocycles. The van der Waals surface area contributed by atoms with Crippen LogP contribution in [0.5, 0.6) is 0 Å². The van der Waals surface area contributed by atoms with Crippen molar-refractivity contribution >= 4 is 17.1 Å². The monoisotopic (exact) mass is 350 g/mol. The number of fused-ring (bicyclic) bond motifs is 2. The van der Waals surface area contributed by atoms with E-state index < -0.39 is 0 Å². The minimum absolute atomic E-state index is 0.944. The van der Waals surface area contributed by atoms with Crippen LogP contribution in [0.2, 0.25) is 0 Å². The van der Waals surface area contributed by atoms with E-state index >= 15 is 0 Å². The Morgan fingerprint density at radius 2 is 1.89 bits per heavy atom. The number of aromatic nitrogens is 2. The van der Waals surface area contributed by atoms with E-state index in [0.29, 0.717) is 0 Å². The summed E-state index contributed by atoms with van der Waals surface area (Å²) in [5.41, 5.74) is 9.88. The van der Waals surface area contributed by atoms with E-state index in [4.69, 9.17) is 0 Å². The van der Waals surface area contributed by atoms with Crippen molar-refractivity contribution in [1.82, 2.24) is 9.97 Å². The molecule has 0 spiro atoms. The Morgan fingerprint density at radius 1 is 0.963 bits per heavy atom. The first-order chi connectivity index (χ1) is 13.3. The summed E-state index contributed by atoms with van der Waals surface area (Å²) in [7, 11) is 0. The van der Waals surface area contributed by atoms with Gasteiger partial charge >= 0.3 is 0 Å². The molecular formula is C25H22N2. The molecule has 1 aliphatic rings. The number of hydrogen-bond donors (Lipinski definition) is 1. The molecule has 1 N–H and O–H groups in total. The Balaban J connectivity index is 1.71. The second-order valence-corrected chi connectivity index (χ2v) is 7.35. The molecule has 0 saturated heterocycles. The number of nitrogens with zero attached hydrogens (tertiary/aromatic N) is 1. The Hall–Kier alpha value is -3.13. The van der Waals surface area contributed by atoms with Gasteiger partial charge < -0.3 is 4.98 Å². The first-order valence-corrected chi connectivity index (χ1v) is 9.63. The van der Waals surface area contributed by atoms with E-state index in [1.54, 1.807) is 0 Å². The van der Waals surface area contributed by atoms with Crippen LogP contribution in [0.1, 0.15) is 29.5 Å². The topological polar surface area (TPSA) is 28.7 Å². The SMILES string of the molecule is Cc1cccc(-c2cc3c(-c4cccc5c4C=CCCC5)ccnc3[nH]2)c1. The highest BCUT2D eigenvalue weighted by molar-refractivity contribution is 5.98. The van der Waals surface area contributed by atoms with Crippen LogP contribution in [0.4, 0.5) is 0 Å². The van der Waals surface area contributed by atoms with Gasteiger partial charge in [0.1, 0.15) is 5.65 Å². The molecular weight excluding hydrogens is 328 g/mol. The molecule has 5 rings (SSSR count). The first-order valence-electron chi connectivity index (χ1n) is 9.63. The molecule has 1 aliphatic carbocycles. The highest BCUT2D eigenvalue weighted by Gasteiger charge is 2.14. The molecule has 132 valence electrons. The van der Waals surface area contributed by atoms with E-state index in [0.717, 1.165) is 24.2 Å². The standard InChI is InChI=1S/C25H22N2/c1-17-7-5-10-19(15-17)24-16-23-22(13-14-26-25(23)27-24)21-12-6-9-18-8-3-2-4-11-20(18)21/h4-7,9-16H,2-3,8H2,1H3,(H,26,27). The summed E-state index contributed by atoms with van der Waals surface area (Å²) in [4.78, 5) is 8.11. The highest BCUT2D eigenvalue weighted by atomic mass is 14.9. The number of allylic oxidation sites excluding steroid dienone is 1. The molecule has 2 heterocycles. The van der Waals surface area contributed by atoms with Crippen LogP contribution in [0.3, 0.4) is 0 Å². The van der Waals surface area contributed by atoms with Gasteiger partial charge in [-0.2, -0.15) is 0 Å². The fourth-order valence-electron chi connectivity index (χ4n) is 4.10. The molecule has 0 radical (unpaired) electrons. The second kappa shape index (κ2) is 6.55. The largest absolute Gasteiger partial charge is 0.339 e. The van der Waals surface area contributed by atoms with Crippen LogP contribution in [0.15, 0.2) is 66.9 Å². The lowest BCUT2D eigenvalue weighted by Gasteiger charge is -2.11. The van der Waals surface area contributed by atoms with Crippen molar-refractivity contribution < 1.29 is 0 Å². The maximum atomic E-state index is 4.59. The van der Waals surface area contributed by atoms with Gasteiger partial charge in [0.15, 0.2) is 0 Å². The minimum Gasteiger partial charge on any atom is -0.339 e. The molecule has 0 bridgehead atoms. The Labute approximate surface area is 159 Å². The summed E-state index contributed by atoms with van der Waals surface area (Å²) in [6.07, 6.45) is 10.0. The number of pyridine rings is 1. The van der Waals surface area contributed by atoms with Crippen LogP contribution in [0, 0.1) is 6.92 Å². The van der Waals surface area contributed by atoms with Crippen LogP contribution in [-0.2, 0) is 6.42 Å². The van der Waals surface area contributed by atoms with Gasteiger partial charge in [0, 0.05) is 17.3 Å². The number of aryl methyl sites for hydroxylation is 2. The van der Waals surface area contributed by atoms with Gasteiger partial charge in [-0.15, -0.1) is 0 Å². The highest BCUT2D eigenvalue weighted by Crippen LogP contribution is 2.36. The number of nitrogens with one attached hydrogen (secondary N) is 1. The number of H-pyrrole nitrogens is 1. The summed E-state index contributed by atoms with van der Waals surface area (Å²) in [6.45, 7) is 2.13. The van der Waals surface area contributed by atoms with Crippen molar-refractivity contribution in [3.05, 3.63) is 83.6 Å². The number of hydrogen-bond acceptors (Lipinski definition) is 1. The van der Waals surface area contributed by atoms with E-state index in [1.165, 1.54) is 45.2 Å². The number of rotatable bonds is 2. The zero-order chi connectivity index (χ0) is 18.2. The maximum Gasteiger partial charge on any atom is 0.138 e. The number of benzene rings is 2. The normalized spacial score (nSPS) is 13.5. The van der Waals surface area contributed by atoms with Crippen LogP contribution in [-0.4, -0.2) is 9.97 Å². The molecule has 0 fully saturated rings. The first kappa shape index (κ1) is 16.1. The Kier molecular flexibility index (Phi) is 3.90. The predicted molar refractivity (Wildman–Crippen MR) is 114 cm³/mol. The smallest absolute Gasteiger partial charge is 0.138 e. The molecule has 4 aromatic rings. The van der Waals surface area contributed by atoms with Gasteiger partial charge in [-0.05, 0) is 72.2 Å². The molecule has 27 heavy (non-hydrogen) atoms. The summed E-state index contributed by atoms with van der Waals surface area (Å²) >= 11 is 0. The van der Waals surface area contributed by atoms with E-state index in [9.17, 15) is 0 Å². The lowest BCUT2D eigenvalue weighted by molar-refractivity contribution is 0.852. The van der Waals surface area contributed by atoms with Gasteiger partial charge in [-0.1, -0.05) is 54.1 Å². The third kappa shape index (κ3) is 2.87. The summed E-state index contributed by atoms with van der Waals surface area (Å²) in [5.74, 6) is 0. The van der Waals surface area contributed by atoms with Crippen molar-refractivity contribution in [1.29, 1.82) is 0 Å². The Morgan fingerprint density at radius 3 is 2.81 bits per heavy atom. The van der Waals surface area contributed by atoms with Crippen LogP contribution >= 0.6 is 0 Å². The van der Waals surface area contributed by atoms with Crippen molar-refractivity contribution in [3.8, 4) is 22.4 Å².